The first kappa shape index (κ1) is 14.6. The zero-order valence-electron chi connectivity index (χ0n) is 9.77. The second-order valence-electron chi connectivity index (χ2n) is 3.74. The van der Waals surface area contributed by atoms with Crippen molar-refractivity contribution in [3.63, 3.8) is 0 Å². The van der Waals surface area contributed by atoms with Gasteiger partial charge in [0.05, 0.1) is 30.2 Å². The van der Waals surface area contributed by atoms with Crippen molar-refractivity contribution in [3.05, 3.63) is 0 Å². The van der Waals surface area contributed by atoms with Gasteiger partial charge in [-0.3, -0.25) is 4.79 Å². The van der Waals surface area contributed by atoms with Gasteiger partial charge in [0, 0.05) is 0 Å². The molecule has 0 heterocycles. The molecule has 0 saturated heterocycles. The van der Waals surface area contributed by atoms with Gasteiger partial charge in [-0.1, -0.05) is 13.3 Å². The third-order valence-electron chi connectivity index (χ3n) is 2.70. The molecule has 0 spiro atoms. The van der Waals surface area contributed by atoms with Gasteiger partial charge in [0.1, 0.15) is 5.78 Å². The maximum absolute atomic E-state index is 11.5. The summed E-state index contributed by atoms with van der Waals surface area (Å²) in [5, 5.41) is 35.9. The summed E-state index contributed by atoms with van der Waals surface area (Å²) in [5.41, 5.74) is -1.87. The number of carbonyl (C=O) groups is 1. The summed E-state index contributed by atoms with van der Waals surface area (Å²) in [4.78, 5) is 11.5. The van der Waals surface area contributed by atoms with E-state index in [0.29, 0.717) is 12.8 Å². The van der Waals surface area contributed by atoms with Gasteiger partial charge < -0.3 is 0 Å². The lowest BCUT2D eigenvalue weighted by molar-refractivity contribution is -0.123. The Labute approximate surface area is 100 Å². The molecule has 1 unspecified atom stereocenters. The number of ketones is 1. The lowest BCUT2D eigenvalue weighted by Crippen LogP contribution is -2.38. The predicted octanol–water partition coefficient (Wildman–Crippen LogP) is 1.69. The second-order valence-corrected chi connectivity index (χ2v) is 3.74. The highest BCUT2D eigenvalue weighted by Gasteiger charge is 2.49. The van der Waals surface area contributed by atoms with E-state index in [2.05, 4.69) is 0 Å². The smallest absolute Gasteiger partial charge is 0.182 e. The van der Waals surface area contributed by atoms with E-state index in [-0.39, 0.29) is 5.78 Å². The molecule has 0 aromatic carbocycles. The van der Waals surface area contributed by atoms with Crippen LogP contribution in [0.4, 0.5) is 0 Å². The van der Waals surface area contributed by atoms with Crippen molar-refractivity contribution in [2.24, 2.45) is 17.3 Å². The molecule has 0 aromatic heterocycles. The minimum Gasteiger partial charge on any atom is -0.300 e. The molecule has 0 radical (unpaired) electrons. The summed E-state index contributed by atoms with van der Waals surface area (Å²) in [5.74, 6) is -2.66. The van der Waals surface area contributed by atoms with Crippen molar-refractivity contribution in [1.82, 2.24) is 0 Å². The Kier molecular flexibility index (Phi) is 5.39. The van der Waals surface area contributed by atoms with Crippen LogP contribution >= 0.6 is 0 Å². The van der Waals surface area contributed by atoms with Gasteiger partial charge in [0.2, 0.25) is 0 Å². The van der Waals surface area contributed by atoms with Crippen molar-refractivity contribution < 1.29 is 4.79 Å². The Morgan fingerprint density at radius 1 is 1.18 bits per heavy atom. The van der Waals surface area contributed by atoms with Gasteiger partial charge in [-0.2, -0.15) is 21.0 Å². The molecule has 0 rings (SSSR count). The van der Waals surface area contributed by atoms with Crippen molar-refractivity contribution in [3.8, 4) is 24.3 Å². The van der Waals surface area contributed by atoms with E-state index in [1.165, 1.54) is 6.92 Å². The van der Waals surface area contributed by atoms with E-state index in [9.17, 15) is 4.79 Å². The van der Waals surface area contributed by atoms with Crippen LogP contribution in [0.2, 0.25) is 0 Å². The summed E-state index contributed by atoms with van der Waals surface area (Å²) < 4.78 is 0. The molecule has 0 saturated carbocycles. The maximum Gasteiger partial charge on any atom is 0.182 e. The number of Topliss-reactive ketones (excluding diaryl/α,β-unsaturated/α-hetero) is 1. The molecule has 0 fully saturated rings. The normalized spacial score (nSPS) is 11.7. The Balaban J connectivity index is 5.74. The first-order valence-electron chi connectivity index (χ1n) is 5.16. The van der Waals surface area contributed by atoms with Crippen LogP contribution in [-0.2, 0) is 4.79 Å². The predicted molar refractivity (Wildman–Crippen MR) is 57.5 cm³/mol. The van der Waals surface area contributed by atoms with E-state index in [0.717, 1.165) is 0 Å². The number of hydrogen-bond acceptors (Lipinski definition) is 5. The van der Waals surface area contributed by atoms with Crippen LogP contribution in [0, 0.1) is 62.6 Å². The minimum absolute atomic E-state index is 0.316. The highest BCUT2D eigenvalue weighted by atomic mass is 16.1. The third kappa shape index (κ3) is 2.60. The lowest BCUT2D eigenvalue weighted by Gasteiger charge is -2.27. The first-order valence-corrected chi connectivity index (χ1v) is 5.16. The molecular weight excluding hydrogens is 216 g/mol. The fourth-order valence-electron chi connectivity index (χ4n) is 1.78. The molecule has 0 aliphatic carbocycles. The Bertz CT molecular complexity index is 427. The molecule has 0 aliphatic heterocycles. The van der Waals surface area contributed by atoms with Crippen LogP contribution in [0.25, 0.3) is 0 Å². The van der Waals surface area contributed by atoms with Gasteiger partial charge in [-0.25, -0.2) is 0 Å². The molecule has 0 aliphatic rings. The summed E-state index contributed by atoms with van der Waals surface area (Å²) >= 11 is 0. The van der Waals surface area contributed by atoms with Crippen LogP contribution in [-0.4, -0.2) is 5.78 Å². The van der Waals surface area contributed by atoms with Crippen LogP contribution in [0.1, 0.15) is 26.7 Å². The molecule has 1 atom stereocenters. The maximum atomic E-state index is 11.5. The van der Waals surface area contributed by atoms with Crippen LogP contribution in [0.3, 0.4) is 0 Å². The molecule has 5 heteroatoms. The second kappa shape index (κ2) is 6.26. The standard InChI is InChI=1S/C12H12N4O/c1-3-4-11(9(2)17)12(7-15,8-16)10(5-13)6-14/h10-11H,3-4H2,1-2H3. The molecule has 0 aromatic rings. The monoisotopic (exact) mass is 228 g/mol. The fourth-order valence-corrected chi connectivity index (χ4v) is 1.78. The number of hydrogen-bond donors (Lipinski definition) is 0. The molecule has 17 heavy (non-hydrogen) atoms. The topological polar surface area (TPSA) is 112 Å². The zero-order chi connectivity index (χ0) is 13.5. The zero-order valence-corrected chi connectivity index (χ0v) is 9.77. The van der Waals surface area contributed by atoms with Crippen LogP contribution in [0.5, 0.6) is 0 Å². The van der Waals surface area contributed by atoms with Crippen molar-refractivity contribution in [2.45, 2.75) is 26.7 Å². The van der Waals surface area contributed by atoms with E-state index in [4.69, 9.17) is 21.0 Å². The third-order valence-corrected chi connectivity index (χ3v) is 2.70. The van der Waals surface area contributed by atoms with Crippen molar-refractivity contribution in [1.29, 1.82) is 21.0 Å². The first-order chi connectivity index (χ1) is 8.03. The summed E-state index contributed by atoms with van der Waals surface area (Å²) in [6, 6.07) is 6.67. The quantitative estimate of drug-likeness (QED) is 0.710. The molecule has 5 nitrogen and oxygen atoms in total. The van der Waals surface area contributed by atoms with E-state index >= 15 is 0 Å². The van der Waals surface area contributed by atoms with Crippen molar-refractivity contribution in [2.75, 3.05) is 0 Å². The Hall–Kier alpha value is -2.37. The summed E-state index contributed by atoms with van der Waals surface area (Å²) in [6.45, 7) is 3.08. The van der Waals surface area contributed by atoms with Gasteiger partial charge >= 0.3 is 0 Å². The molecule has 0 amide bonds. The summed E-state index contributed by atoms with van der Waals surface area (Å²) in [6.07, 6.45) is 0.912. The Morgan fingerprint density at radius 3 is 1.88 bits per heavy atom. The van der Waals surface area contributed by atoms with E-state index in [1.54, 1.807) is 24.3 Å². The highest BCUT2D eigenvalue weighted by Crippen LogP contribution is 2.38. The SMILES string of the molecule is CCCC(C(C)=O)C(C#N)(C#N)C(C#N)C#N. The number of rotatable bonds is 5. The Morgan fingerprint density at radius 2 is 1.65 bits per heavy atom. The van der Waals surface area contributed by atoms with Gasteiger partial charge in [0.15, 0.2) is 11.3 Å². The molecule has 0 bridgehead atoms. The van der Waals surface area contributed by atoms with E-state index in [1.807, 2.05) is 6.92 Å². The number of carbonyl (C=O) groups excluding carboxylic acids is 1. The average molecular weight is 228 g/mol. The lowest BCUT2D eigenvalue weighted by atomic mass is 9.66. The molecular formula is C12H12N4O. The van der Waals surface area contributed by atoms with E-state index < -0.39 is 17.3 Å². The molecule has 0 N–H and O–H groups in total. The van der Waals surface area contributed by atoms with Crippen molar-refractivity contribution >= 4 is 5.78 Å². The molecule has 86 valence electrons. The van der Waals surface area contributed by atoms with Gasteiger partial charge in [-0.05, 0) is 13.3 Å². The number of nitriles is 4. The van der Waals surface area contributed by atoms with Crippen LogP contribution < -0.4 is 0 Å². The number of nitrogens with zero attached hydrogens (tertiary/aromatic N) is 4. The fraction of sp³-hybridized carbons (Fsp3) is 0.583. The minimum atomic E-state index is -1.87. The van der Waals surface area contributed by atoms with Gasteiger partial charge in [-0.15, -0.1) is 0 Å². The van der Waals surface area contributed by atoms with Crippen LogP contribution in [0.15, 0.2) is 0 Å². The average Bonchev–Trinajstić information content (AvgIpc) is 2.33. The highest BCUT2D eigenvalue weighted by molar-refractivity contribution is 5.80. The largest absolute Gasteiger partial charge is 0.300 e. The summed E-state index contributed by atoms with van der Waals surface area (Å²) in [7, 11) is 0. The van der Waals surface area contributed by atoms with Gasteiger partial charge in [0.25, 0.3) is 0 Å².